The van der Waals surface area contributed by atoms with Gasteiger partial charge >= 0.3 is 0 Å². The first-order chi connectivity index (χ1) is 10.6. The quantitative estimate of drug-likeness (QED) is 0.675. The van der Waals surface area contributed by atoms with E-state index in [2.05, 4.69) is 6.07 Å². The zero-order chi connectivity index (χ0) is 15.7. The summed E-state index contributed by atoms with van der Waals surface area (Å²) in [5.74, 6) is 0.955. The van der Waals surface area contributed by atoms with Crippen molar-refractivity contribution in [2.24, 2.45) is 0 Å². The van der Waals surface area contributed by atoms with Crippen LogP contribution in [0.4, 0.5) is 5.69 Å². The van der Waals surface area contributed by atoms with Crippen LogP contribution in [0.15, 0.2) is 30.3 Å². The van der Waals surface area contributed by atoms with E-state index in [0.29, 0.717) is 11.3 Å². The first-order valence-corrected chi connectivity index (χ1v) is 7.47. The summed E-state index contributed by atoms with van der Waals surface area (Å²) in [6, 6.07) is 9.85. The summed E-state index contributed by atoms with van der Waals surface area (Å²) in [7, 11) is 1.48. The number of aryl methyl sites for hydroxylation is 2. The maximum Gasteiger partial charge on any atom is 0.181 e. The van der Waals surface area contributed by atoms with Gasteiger partial charge in [-0.25, -0.2) is 0 Å². The Bertz CT molecular complexity index is 697. The smallest absolute Gasteiger partial charge is 0.181 e. The molecule has 0 saturated carbocycles. The summed E-state index contributed by atoms with van der Waals surface area (Å²) in [4.78, 5) is 0. The fraction of sp³-hybridized carbons (Fsp3) is 0.333. The summed E-state index contributed by atoms with van der Waals surface area (Å²) in [5, 5.41) is 10.2. The Morgan fingerprint density at radius 1 is 1.27 bits per heavy atom. The third-order valence-electron chi connectivity index (χ3n) is 4.07. The second-order valence-corrected chi connectivity index (χ2v) is 5.66. The molecule has 0 amide bonds. The van der Waals surface area contributed by atoms with Gasteiger partial charge in [-0.15, -0.1) is 0 Å². The van der Waals surface area contributed by atoms with Crippen LogP contribution in [0.5, 0.6) is 5.75 Å². The van der Waals surface area contributed by atoms with Gasteiger partial charge in [-0.3, -0.25) is 0 Å². The Morgan fingerprint density at radius 2 is 2.09 bits per heavy atom. The number of ether oxygens (including phenoxy) is 2. The molecule has 0 fully saturated rings. The number of nitrogens with two attached hydrogens (primary N) is 1. The highest BCUT2D eigenvalue weighted by atomic mass is 16.6. The maximum atomic E-state index is 10.2. The van der Waals surface area contributed by atoms with E-state index in [1.54, 1.807) is 6.07 Å². The highest BCUT2D eigenvalue weighted by Gasteiger charge is 2.18. The summed E-state index contributed by atoms with van der Waals surface area (Å²) in [5.41, 5.74) is 11.5. The molecule has 22 heavy (non-hydrogen) atoms. The molecule has 0 aliphatic carbocycles. The molecule has 0 saturated heterocycles. The number of nitrogen functional groups attached to an aromatic ring is 1. The van der Waals surface area contributed by atoms with Crippen molar-refractivity contribution in [3.05, 3.63) is 47.0 Å². The largest absolute Gasteiger partial charge is 0.493 e. The molecule has 0 aromatic heterocycles. The molecule has 1 heterocycles. The molecule has 116 valence electrons. The number of aliphatic hydroxyl groups excluding tert-OH is 1. The van der Waals surface area contributed by atoms with Crippen molar-refractivity contribution in [1.82, 2.24) is 0 Å². The van der Waals surface area contributed by atoms with Crippen LogP contribution >= 0.6 is 0 Å². The molecule has 2 aromatic carbocycles. The predicted molar refractivity (Wildman–Crippen MR) is 86.8 cm³/mol. The predicted octanol–water partition coefficient (Wildman–Crippen LogP) is 3.21. The van der Waals surface area contributed by atoms with Gasteiger partial charge in [0.15, 0.2) is 6.29 Å². The zero-order valence-electron chi connectivity index (χ0n) is 12.9. The van der Waals surface area contributed by atoms with Gasteiger partial charge in [-0.1, -0.05) is 6.07 Å². The molecule has 1 aliphatic heterocycles. The summed E-state index contributed by atoms with van der Waals surface area (Å²) < 4.78 is 10.8. The van der Waals surface area contributed by atoms with E-state index in [0.717, 1.165) is 41.9 Å². The Balaban J connectivity index is 2.15. The van der Waals surface area contributed by atoms with Gasteiger partial charge in [0.1, 0.15) is 5.75 Å². The monoisotopic (exact) mass is 299 g/mol. The van der Waals surface area contributed by atoms with Crippen molar-refractivity contribution in [3.63, 3.8) is 0 Å². The first kappa shape index (κ1) is 14.9. The number of rotatable bonds is 3. The maximum absolute atomic E-state index is 10.2. The minimum atomic E-state index is -0.996. The summed E-state index contributed by atoms with van der Waals surface area (Å²) in [6.45, 7) is 2.77. The Labute approximate surface area is 130 Å². The minimum absolute atomic E-state index is 0.619. The van der Waals surface area contributed by atoms with Crippen LogP contribution in [0.3, 0.4) is 0 Å². The van der Waals surface area contributed by atoms with Crippen LogP contribution in [0.1, 0.15) is 29.4 Å². The lowest BCUT2D eigenvalue weighted by atomic mass is 9.91. The van der Waals surface area contributed by atoms with Gasteiger partial charge < -0.3 is 20.3 Å². The molecular formula is C18H21NO3. The van der Waals surface area contributed by atoms with Crippen LogP contribution < -0.4 is 10.5 Å². The fourth-order valence-electron chi connectivity index (χ4n) is 3.08. The van der Waals surface area contributed by atoms with E-state index in [1.807, 2.05) is 25.1 Å². The van der Waals surface area contributed by atoms with Crippen LogP contribution in [0.2, 0.25) is 0 Å². The van der Waals surface area contributed by atoms with Crippen molar-refractivity contribution in [2.75, 3.05) is 19.5 Å². The van der Waals surface area contributed by atoms with Gasteiger partial charge in [0.25, 0.3) is 0 Å². The topological polar surface area (TPSA) is 64.7 Å². The van der Waals surface area contributed by atoms with E-state index < -0.39 is 6.29 Å². The highest BCUT2D eigenvalue weighted by Crippen LogP contribution is 2.37. The zero-order valence-corrected chi connectivity index (χ0v) is 12.9. The average Bonchev–Trinajstić information content (AvgIpc) is 2.53. The van der Waals surface area contributed by atoms with Gasteiger partial charge in [0.2, 0.25) is 0 Å². The number of anilines is 1. The average molecular weight is 299 g/mol. The fourth-order valence-corrected chi connectivity index (χ4v) is 3.08. The standard InChI is InChI=1S/C18H21NO3/c1-11-8-14(19)10-15(18(20)21-2)17(11)13-5-6-16-12(9-13)4-3-7-22-16/h5-6,8-10,18,20H,3-4,7,19H2,1-2H3. The molecule has 2 aromatic rings. The Hall–Kier alpha value is -2.04. The van der Waals surface area contributed by atoms with E-state index in [1.165, 1.54) is 12.7 Å². The van der Waals surface area contributed by atoms with Gasteiger partial charge in [0, 0.05) is 18.4 Å². The van der Waals surface area contributed by atoms with Crippen LogP contribution in [0.25, 0.3) is 11.1 Å². The Morgan fingerprint density at radius 3 is 2.86 bits per heavy atom. The molecule has 1 unspecified atom stereocenters. The van der Waals surface area contributed by atoms with Crippen LogP contribution in [-0.4, -0.2) is 18.8 Å². The second kappa shape index (κ2) is 5.99. The third kappa shape index (κ3) is 2.67. The second-order valence-electron chi connectivity index (χ2n) is 5.66. The first-order valence-electron chi connectivity index (χ1n) is 7.47. The molecule has 0 spiro atoms. The molecule has 0 radical (unpaired) electrons. The van der Waals surface area contributed by atoms with Gasteiger partial charge in [0.05, 0.1) is 6.61 Å². The molecule has 4 heteroatoms. The van der Waals surface area contributed by atoms with Crippen LogP contribution in [-0.2, 0) is 11.2 Å². The molecule has 1 aliphatic rings. The van der Waals surface area contributed by atoms with E-state index in [9.17, 15) is 5.11 Å². The van der Waals surface area contributed by atoms with Crippen molar-refractivity contribution >= 4 is 5.69 Å². The van der Waals surface area contributed by atoms with E-state index in [-0.39, 0.29) is 0 Å². The minimum Gasteiger partial charge on any atom is -0.493 e. The SMILES string of the molecule is COC(O)c1cc(N)cc(C)c1-c1ccc2c(c1)CCCO2. The lowest BCUT2D eigenvalue weighted by Gasteiger charge is -2.21. The van der Waals surface area contributed by atoms with Crippen molar-refractivity contribution in [1.29, 1.82) is 0 Å². The van der Waals surface area contributed by atoms with Gasteiger partial charge in [-0.05, 0) is 66.3 Å². The number of benzene rings is 2. The Kier molecular flexibility index (Phi) is 4.05. The van der Waals surface area contributed by atoms with E-state index >= 15 is 0 Å². The summed E-state index contributed by atoms with van der Waals surface area (Å²) >= 11 is 0. The van der Waals surface area contributed by atoms with Crippen LogP contribution in [0, 0.1) is 6.92 Å². The van der Waals surface area contributed by atoms with Crippen molar-refractivity contribution in [2.45, 2.75) is 26.1 Å². The molecule has 1 atom stereocenters. The molecule has 0 bridgehead atoms. The van der Waals surface area contributed by atoms with Gasteiger partial charge in [-0.2, -0.15) is 0 Å². The molecule has 3 N–H and O–H groups in total. The molecular weight excluding hydrogens is 278 g/mol. The van der Waals surface area contributed by atoms with Crippen molar-refractivity contribution < 1.29 is 14.6 Å². The molecule has 4 nitrogen and oxygen atoms in total. The lowest BCUT2D eigenvalue weighted by Crippen LogP contribution is -2.09. The number of fused-ring (bicyclic) bond motifs is 1. The number of methoxy groups -OCH3 is 1. The molecule has 3 rings (SSSR count). The highest BCUT2D eigenvalue weighted by molar-refractivity contribution is 5.75. The normalized spacial score (nSPS) is 15.0. The lowest BCUT2D eigenvalue weighted by molar-refractivity contribution is -0.0765. The number of hydrogen-bond acceptors (Lipinski definition) is 4. The third-order valence-corrected chi connectivity index (χ3v) is 4.07. The summed E-state index contributed by atoms with van der Waals surface area (Å²) in [6.07, 6.45) is 1.05. The van der Waals surface area contributed by atoms with E-state index in [4.69, 9.17) is 15.2 Å². The number of aliphatic hydroxyl groups is 1. The van der Waals surface area contributed by atoms with Crippen molar-refractivity contribution in [3.8, 4) is 16.9 Å². The number of hydrogen-bond donors (Lipinski definition) is 2.